The molecule has 0 unspecified atom stereocenters. The number of carbonyl (C=O) groups is 2. The van der Waals surface area contributed by atoms with E-state index in [4.69, 9.17) is 22.1 Å². The van der Waals surface area contributed by atoms with Crippen LogP contribution < -0.4 is 10.5 Å². The van der Waals surface area contributed by atoms with E-state index < -0.39 is 5.91 Å². The maximum atomic E-state index is 13.3. The average Bonchev–Trinajstić information content (AvgIpc) is 3.08. The molecule has 166 valence electrons. The van der Waals surface area contributed by atoms with E-state index >= 15 is 0 Å². The SMILES string of the molecule is NC(=O)COc1ccc(C=C2SC(=Nc3ccccc3)N(Cc3cccnc3)C2=O)cc1Cl. The Bertz CT molecular complexity index is 1230. The highest BCUT2D eigenvalue weighted by Crippen LogP contribution is 2.36. The highest BCUT2D eigenvalue weighted by molar-refractivity contribution is 8.18. The van der Waals surface area contributed by atoms with Crippen LogP contribution in [0, 0.1) is 0 Å². The average molecular weight is 479 g/mol. The van der Waals surface area contributed by atoms with Crippen LogP contribution in [0.15, 0.2) is 83.0 Å². The van der Waals surface area contributed by atoms with Gasteiger partial charge in [-0.3, -0.25) is 19.5 Å². The third-order valence-electron chi connectivity index (χ3n) is 4.56. The van der Waals surface area contributed by atoms with Crippen molar-refractivity contribution in [3.63, 3.8) is 0 Å². The Hall–Kier alpha value is -3.62. The van der Waals surface area contributed by atoms with E-state index in [-0.39, 0.29) is 12.5 Å². The van der Waals surface area contributed by atoms with Crippen LogP contribution in [-0.4, -0.2) is 33.5 Å². The van der Waals surface area contributed by atoms with Crippen LogP contribution >= 0.6 is 23.4 Å². The number of ether oxygens (including phenoxy) is 1. The number of pyridine rings is 1. The summed E-state index contributed by atoms with van der Waals surface area (Å²) in [6.45, 7) is 0.0838. The van der Waals surface area contributed by atoms with Gasteiger partial charge in [-0.1, -0.05) is 41.9 Å². The van der Waals surface area contributed by atoms with Crippen molar-refractivity contribution < 1.29 is 14.3 Å². The molecule has 9 heteroatoms. The number of rotatable bonds is 7. The van der Waals surface area contributed by atoms with Gasteiger partial charge in [0.25, 0.3) is 11.8 Å². The van der Waals surface area contributed by atoms with Crippen LogP contribution in [0.2, 0.25) is 5.02 Å². The van der Waals surface area contributed by atoms with E-state index in [0.717, 1.165) is 11.3 Å². The molecule has 1 aliphatic rings. The molecule has 0 saturated carbocycles. The molecule has 1 aliphatic heterocycles. The molecule has 4 rings (SSSR count). The maximum Gasteiger partial charge on any atom is 0.267 e. The van der Waals surface area contributed by atoms with Crippen LogP contribution in [0.4, 0.5) is 5.69 Å². The van der Waals surface area contributed by atoms with Crippen molar-refractivity contribution in [1.29, 1.82) is 0 Å². The molecule has 2 heterocycles. The molecule has 0 spiro atoms. The monoisotopic (exact) mass is 478 g/mol. The van der Waals surface area contributed by atoms with E-state index in [1.54, 1.807) is 41.6 Å². The fraction of sp³-hybridized carbons (Fsp3) is 0.0833. The van der Waals surface area contributed by atoms with Crippen molar-refractivity contribution in [3.05, 3.63) is 94.1 Å². The number of benzene rings is 2. The molecule has 3 aromatic rings. The Morgan fingerprint density at radius 1 is 1.18 bits per heavy atom. The number of hydrogen-bond acceptors (Lipinski definition) is 6. The Morgan fingerprint density at radius 3 is 2.70 bits per heavy atom. The zero-order valence-electron chi connectivity index (χ0n) is 17.3. The Balaban J connectivity index is 1.63. The number of hydrogen-bond donors (Lipinski definition) is 1. The molecule has 1 saturated heterocycles. The first kappa shape index (κ1) is 22.6. The molecule has 7 nitrogen and oxygen atoms in total. The first-order valence-electron chi connectivity index (χ1n) is 9.94. The second kappa shape index (κ2) is 10.3. The Morgan fingerprint density at radius 2 is 2.00 bits per heavy atom. The van der Waals surface area contributed by atoms with Gasteiger partial charge < -0.3 is 10.5 Å². The topological polar surface area (TPSA) is 97.9 Å². The fourth-order valence-electron chi connectivity index (χ4n) is 3.04. The molecule has 2 aromatic carbocycles. The molecule has 2 amide bonds. The van der Waals surface area contributed by atoms with Gasteiger partial charge in [0.15, 0.2) is 11.8 Å². The lowest BCUT2D eigenvalue weighted by Crippen LogP contribution is -2.28. The molecule has 1 aromatic heterocycles. The number of primary amides is 1. The standard InChI is InChI=1S/C24H19ClN4O3S/c25-19-11-16(8-9-20(19)32-15-22(26)30)12-21-23(31)29(14-17-5-4-10-27-13-17)24(33-21)28-18-6-2-1-3-7-18/h1-13H,14-15H2,(H2,26,30). The second-order valence-electron chi connectivity index (χ2n) is 7.04. The van der Waals surface area contributed by atoms with E-state index in [1.807, 2.05) is 42.5 Å². The molecule has 0 bridgehead atoms. The van der Waals surface area contributed by atoms with Crippen molar-refractivity contribution >= 4 is 52.1 Å². The van der Waals surface area contributed by atoms with Gasteiger partial charge in [-0.15, -0.1) is 0 Å². The Kier molecular flexibility index (Phi) is 7.07. The number of aromatic nitrogens is 1. The number of para-hydroxylation sites is 1. The molecular formula is C24H19ClN4O3S. The minimum absolute atomic E-state index is 0.163. The summed E-state index contributed by atoms with van der Waals surface area (Å²) in [5.74, 6) is -0.416. The van der Waals surface area contributed by atoms with Gasteiger partial charge >= 0.3 is 0 Å². The lowest BCUT2D eigenvalue weighted by Gasteiger charge is -2.15. The number of aliphatic imine (C=N–C) groups is 1. The van der Waals surface area contributed by atoms with Crippen LogP contribution in [0.1, 0.15) is 11.1 Å². The zero-order valence-corrected chi connectivity index (χ0v) is 18.9. The summed E-state index contributed by atoms with van der Waals surface area (Å²) in [7, 11) is 0. The van der Waals surface area contributed by atoms with Crippen LogP contribution in [0.3, 0.4) is 0 Å². The van der Waals surface area contributed by atoms with Crippen molar-refractivity contribution in [3.8, 4) is 5.75 Å². The number of amides is 2. The summed E-state index contributed by atoms with van der Waals surface area (Å²) >= 11 is 7.56. The van der Waals surface area contributed by atoms with E-state index in [1.165, 1.54) is 11.8 Å². The molecule has 1 fully saturated rings. The second-order valence-corrected chi connectivity index (χ2v) is 8.45. The fourth-order valence-corrected chi connectivity index (χ4v) is 4.28. The summed E-state index contributed by atoms with van der Waals surface area (Å²) in [5.41, 5.74) is 7.47. The maximum absolute atomic E-state index is 13.3. The van der Waals surface area contributed by atoms with Crippen molar-refractivity contribution in [2.24, 2.45) is 10.7 Å². The highest BCUT2D eigenvalue weighted by Gasteiger charge is 2.33. The van der Waals surface area contributed by atoms with Gasteiger partial charge in [-0.25, -0.2) is 4.99 Å². The van der Waals surface area contributed by atoms with Gasteiger partial charge in [0.2, 0.25) is 0 Å². The number of carbonyl (C=O) groups excluding carboxylic acids is 2. The van der Waals surface area contributed by atoms with Gasteiger partial charge in [0.1, 0.15) is 5.75 Å². The van der Waals surface area contributed by atoms with Crippen LogP contribution in [0.25, 0.3) is 6.08 Å². The summed E-state index contributed by atoms with van der Waals surface area (Å²) in [4.78, 5) is 35.2. The van der Waals surface area contributed by atoms with Gasteiger partial charge in [-0.2, -0.15) is 0 Å². The van der Waals surface area contributed by atoms with E-state index in [0.29, 0.717) is 33.0 Å². The van der Waals surface area contributed by atoms with Crippen LogP contribution in [-0.2, 0) is 16.1 Å². The first-order chi connectivity index (χ1) is 16.0. The zero-order chi connectivity index (χ0) is 23.2. The van der Waals surface area contributed by atoms with Crippen molar-refractivity contribution in [2.75, 3.05) is 6.61 Å². The molecule has 33 heavy (non-hydrogen) atoms. The smallest absolute Gasteiger partial charge is 0.267 e. The lowest BCUT2D eigenvalue weighted by atomic mass is 10.2. The minimum Gasteiger partial charge on any atom is -0.482 e. The summed E-state index contributed by atoms with van der Waals surface area (Å²) in [5, 5.41) is 0.889. The van der Waals surface area contributed by atoms with Crippen LogP contribution in [0.5, 0.6) is 5.75 Å². The predicted octanol–water partition coefficient (Wildman–Crippen LogP) is 4.40. The third kappa shape index (κ3) is 5.79. The minimum atomic E-state index is -0.593. The van der Waals surface area contributed by atoms with Gasteiger partial charge in [-0.05, 0) is 59.3 Å². The number of thioether (sulfide) groups is 1. The summed E-state index contributed by atoms with van der Waals surface area (Å²) in [6, 6.07) is 18.3. The summed E-state index contributed by atoms with van der Waals surface area (Å²) < 4.78 is 5.28. The number of nitrogens with zero attached hydrogens (tertiary/aromatic N) is 3. The largest absolute Gasteiger partial charge is 0.482 e. The molecule has 0 atom stereocenters. The van der Waals surface area contributed by atoms with E-state index in [9.17, 15) is 9.59 Å². The quantitative estimate of drug-likeness (QED) is 0.507. The number of halogens is 1. The number of nitrogens with two attached hydrogens (primary N) is 1. The van der Waals surface area contributed by atoms with E-state index in [2.05, 4.69) is 9.98 Å². The number of amidine groups is 1. The first-order valence-corrected chi connectivity index (χ1v) is 11.1. The predicted molar refractivity (Wildman–Crippen MR) is 130 cm³/mol. The van der Waals surface area contributed by atoms with Gasteiger partial charge in [0.05, 0.1) is 22.2 Å². The normalized spacial score (nSPS) is 15.9. The van der Waals surface area contributed by atoms with Crippen molar-refractivity contribution in [2.45, 2.75) is 6.54 Å². The lowest BCUT2D eigenvalue weighted by molar-refractivity contribution is -0.122. The Labute approximate surface area is 199 Å². The van der Waals surface area contributed by atoms with Gasteiger partial charge in [0, 0.05) is 12.4 Å². The van der Waals surface area contributed by atoms with Crippen molar-refractivity contribution in [1.82, 2.24) is 9.88 Å². The highest BCUT2D eigenvalue weighted by atomic mass is 35.5. The molecule has 0 aliphatic carbocycles. The molecule has 0 radical (unpaired) electrons. The third-order valence-corrected chi connectivity index (χ3v) is 5.86. The summed E-state index contributed by atoms with van der Waals surface area (Å²) in [6.07, 6.45) is 5.17. The molecular weight excluding hydrogens is 460 g/mol. The molecule has 2 N–H and O–H groups in total.